The second kappa shape index (κ2) is 9.97. The van der Waals surface area contributed by atoms with E-state index in [1.165, 1.54) is 61.7 Å². The summed E-state index contributed by atoms with van der Waals surface area (Å²) in [5.74, 6) is 0.917. The van der Waals surface area contributed by atoms with Crippen molar-refractivity contribution in [3.8, 4) is 0 Å². The highest BCUT2D eigenvalue weighted by molar-refractivity contribution is 5.85. The lowest BCUT2D eigenvalue weighted by Crippen LogP contribution is -2.51. The van der Waals surface area contributed by atoms with Crippen molar-refractivity contribution in [1.82, 2.24) is 14.4 Å². The van der Waals surface area contributed by atoms with E-state index in [1.54, 1.807) is 7.11 Å². The van der Waals surface area contributed by atoms with Crippen molar-refractivity contribution in [3.63, 3.8) is 0 Å². The molecule has 30 heavy (non-hydrogen) atoms. The van der Waals surface area contributed by atoms with E-state index in [0.29, 0.717) is 25.0 Å². The molecule has 1 aromatic heterocycles. The summed E-state index contributed by atoms with van der Waals surface area (Å²) in [5.41, 5.74) is 2.49. The molecule has 2 aliphatic heterocycles. The molecule has 1 aromatic carbocycles. The molecule has 0 unspecified atom stereocenters. The van der Waals surface area contributed by atoms with Gasteiger partial charge < -0.3 is 19.1 Å². The van der Waals surface area contributed by atoms with Gasteiger partial charge in [-0.3, -0.25) is 4.79 Å². The van der Waals surface area contributed by atoms with Crippen LogP contribution in [0.1, 0.15) is 44.1 Å². The maximum atomic E-state index is 13.0. The first-order valence-electron chi connectivity index (χ1n) is 11.7. The molecule has 0 spiro atoms. The van der Waals surface area contributed by atoms with Gasteiger partial charge in [0, 0.05) is 56.8 Å². The van der Waals surface area contributed by atoms with Crippen molar-refractivity contribution in [2.24, 2.45) is 5.92 Å². The lowest BCUT2D eigenvalue weighted by Gasteiger charge is -2.45. The normalized spacial score (nSPS) is 22.2. The largest absolute Gasteiger partial charge is 0.383 e. The Kier molecular flexibility index (Phi) is 7.11. The number of aromatic nitrogens is 1. The van der Waals surface area contributed by atoms with Gasteiger partial charge in [0.2, 0.25) is 5.91 Å². The van der Waals surface area contributed by atoms with E-state index in [2.05, 4.69) is 39.9 Å². The standard InChI is InChI=1S/C25H37N3O2/c1-26(18-21-8-7-15-27-14-6-5-10-23(21)27)25(29)13-12-20-19-28(16-17-30-2)24-11-4-3-9-22(20)24/h3-4,9,11,19,21,23H,5-8,10,12-18H2,1-2H3/t21-,23+/m0/s1. The van der Waals surface area contributed by atoms with Gasteiger partial charge in [0.05, 0.1) is 6.61 Å². The summed E-state index contributed by atoms with van der Waals surface area (Å²) in [6.07, 6.45) is 10.1. The molecule has 1 amide bonds. The van der Waals surface area contributed by atoms with Crippen molar-refractivity contribution in [2.75, 3.05) is 40.4 Å². The molecule has 0 bridgehead atoms. The second-order valence-corrected chi connectivity index (χ2v) is 9.13. The molecule has 2 saturated heterocycles. The van der Waals surface area contributed by atoms with Gasteiger partial charge >= 0.3 is 0 Å². The van der Waals surface area contributed by atoms with E-state index in [9.17, 15) is 4.79 Å². The molecular formula is C25H37N3O2. The number of hydrogen-bond acceptors (Lipinski definition) is 3. The topological polar surface area (TPSA) is 37.7 Å². The van der Waals surface area contributed by atoms with Gasteiger partial charge in [0.1, 0.15) is 0 Å². The Morgan fingerprint density at radius 3 is 2.87 bits per heavy atom. The predicted octanol–water partition coefficient (Wildman–Crippen LogP) is 3.94. The van der Waals surface area contributed by atoms with E-state index < -0.39 is 0 Å². The van der Waals surface area contributed by atoms with Crippen molar-refractivity contribution in [3.05, 3.63) is 36.0 Å². The van der Waals surface area contributed by atoms with Crippen molar-refractivity contribution in [2.45, 2.75) is 57.5 Å². The maximum Gasteiger partial charge on any atom is 0.222 e. The van der Waals surface area contributed by atoms with Gasteiger partial charge in [-0.25, -0.2) is 0 Å². The highest BCUT2D eigenvalue weighted by Crippen LogP contribution is 2.31. The number of benzene rings is 1. The quantitative estimate of drug-likeness (QED) is 0.660. The van der Waals surface area contributed by atoms with Gasteiger partial charge in [0.15, 0.2) is 0 Å². The number of carbonyl (C=O) groups excluding carboxylic acids is 1. The Bertz CT molecular complexity index is 844. The molecule has 2 fully saturated rings. The molecule has 5 nitrogen and oxygen atoms in total. The third-order valence-electron chi connectivity index (χ3n) is 7.18. The minimum atomic E-state index is 0.275. The average molecular weight is 412 g/mol. The highest BCUT2D eigenvalue weighted by atomic mass is 16.5. The number of methoxy groups -OCH3 is 1. The molecule has 0 N–H and O–H groups in total. The summed E-state index contributed by atoms with van der Waals surface area (Å²) in [7, 11) is 3.74. The van der Waals surface area contributed by atoms with Crippen LogP contribution in [0.4, 0.5) is 0 Å². The zero-order chi connectivity index (χ0) is 20.9. The lowest BCUT2D eigenvalue weighted by molar-refractivity contribution is -0.131. The number of hydrogen-bond donors (Lipinski definition) is 0. The zero-order valence-corrected chi connectivity index (χ0v) is 18.7. The molecule has 2 aromatic rings. The molecule has 4 rings (SSSR count). The first-order valence-corrected chi connectivity index (χ1v) is 11.7. The van der Waals surface area contributed by atoms with Crippen LogP contribution in [-0.4, -0.2) is 66.7 Å². The van der Waals surface area contributed by atoms with Crippen molar-refractivity contribution >= 4 is 16.8 Å². The SMILES string of the molecule is COCCn1cc(CCC(=O)N(C)C[C@@H]2CCCN3CCCC[C@H]23)c2ccccc21. The van der Waals surface area contributed by atoms with Crippen molar-refractivity contribution in [1.29, 1.82) is 0 Å². The number of piperidine rings is 2. The monoisotopic (exact) mass is 411 g/mol. The zero-order valence-electron chi connectivity index (χ0n) is 18.7. The molecule has 164 valence electrons. The van der Waals surface area contributed by atoms with E-state index in [1.807, 2.05) is 11.9 Å². The number of nitrogens with zero attached hydrogens (tertiary/aromatic N) is 3. The van der Waals surface area contributed by atoms with E-state index in [-0.39, 0.29) is 5.91 Å². The first kappa shape index (κ1) is 21.4. The van der Waals surface area contributed by atoms with Gasteiger partial charge in [-0.1, -0.05) is 24.6 Å². The molecule has 2 aliphatic rings. The second-order valence-electron chi connectivity index (χ2n) is 9.13. The first-order chi connectivity index (χ1) is 14.7. The van der Waals surface area contributed by atoms with Crippen LogP contribution >= 0.6 is 0 Å². The summed E-state index contributed by atoms with van der Waals surface area (Å²) in [6, 6.07) is 9.18. The molecule has 0 saturated carbocycles. The summed E-state index contributed by atoms with van der Waals surface area (Å²) < 4.78 is 7.51. The number of rotatable bonds is 8. The minimum Gasteiger partial charge on any atom is -0.383 e. The van der Waals surface area contributed by atoms with Gasteiger partial charge in [0.25, 0.3) is 0 Å². The Labute approximate surface area is 181 Å². The molecule has 5 heteroatoms. The summed E-state index contributed by atoms with van der Waals surface area (Å²) in [4.78, 5) is 17.6. The number of carbonyl (C=O) groups is 1. The molecule has 2 atom stereocenters. The Balaban J connectivity index is 1.36. The summed E-state index contributed by atoms with van der Waals surface area (Å²) in [5, 5.41) is 1.26. The lowest BCUT2D eigenvalue weighted by atomic mass is 9.83. The Hall–Kier alpha value is -1.85. The fourth-order valence-corrected chi connectivity index (χ4v) is 5.57. The number of para-hydroxylation sites is 1. The predicted molar refractivity (Wildman–Crippen MR) is 122 cm³/mol. The van der Waals surface area contributed by atoms with Crippen LogP contribution in [0.2, 0.25) is 0 Å². The maximum absolute atomic E-state index is 13.0. The number of amides is 1. The van der Waals surface area contributed by atoms with Crippen LogP contribution in [0, 0.1) is 5.92 Å². The molecule has 0 aliphatic carbocycles. The van der Waals surface area contributed by atoms with Gasteiger partial charge in [-0.2, -0.15) is 0 Å². The summed E-state index contributed by atoms with van der Waals surface area (Å²) >= 11 is 0. The highest BCUT2D eigenvalue weighted by Gasteiger charge is 2.33. The van der Waals surface area contributed by atoms with Crippen LogP contribution in [0.3, 0.4) is 0 Å². The van der Waals surface area contributed by atoms with Crippen LogP contribution in [-0.2, 0) is 22.5 Å². The molecule has 3 heterocycles. The fourth-order valence-electron chi connectivity index (χ4n) is 5.57. The van der Waals surface area contributed by atoms with E-state index >= 15 is 0 Å². The van der Waals surface area contributed by atoms with Gasteiger partial charge in [-0.05, 0) is 62.7 Å². The number of aryl methyl sites for hydroxylation is 1. The summed E-state index contributed by atoms with van der Waals surface area (Å²) in [6.45, 7) is 4.96. The van der Waals surface area contributed by atoms with Crippen LogP contribution < -0.4 is 0 Å². The molecule has 0 radical (unpaired) electrons. The van der Waals surface area contributed by atoms with Crippen molar-refractivity contribution < 1.29 is 9.53 Å². The van der Waals surface area contributed by atoms with Crippen LogP contribution in [0.5, 0.6) is 0 Å². The number of ether oxygens (including phenoxy) is 1. The third kappa shape index (κ3) is 4.73. The fraction of sp³-hybridized carbons (Fsp3) is 0.640. The van der Waals surface area contributed by atoms with E-state index in [4.69, 9.17) is 4.74 Å². The third-order valence-corrected chi connectivity index (χ3v) is 7.18. The average Bonchev–Trinajstić information content (AvgIpc) is 3.14. The van der Waals surface area contributed by atoms with Gasteiger partial charge in [-0.15, -0.1) is 0 Å². The van der Waals surface area contributed by atoms with E-state index in [0.717, 1.165) is 19.5 Å². The molecular weight excluding hydrogens is 374 g/mol. The van der Waals surface area contributed by atoms with Crippen LogP contribution in [0.15, 0.2) is 30.5 Å². The smallest absolute Gasteiger partial charge is 0.222 e. The van der Waals surface area contributed by atoms with Crippen LogP contribution in [0.25, 0.3) is 10.9 Å². The minimum absolute atomic E-state index is 0.275. The number of fused-ring (bicyclic) bond motifs is 2. The Morgan fingerprint density at radius 2 is 2.00 bits per heavy atom. The Morgan fingerprint density at radius 1 is 1.17 bits per heavy atom.